The summed E-state index contributed by atoms with van der Waals surface area (Å²) >= 11 is 0. The lowest BCUT2D eigenvalue weighted by atomic mass is 10.1. The van der Waals surface area contributed by atoms with Gasteiger partial charge in [0.25, 0.3) is 0 Å². The van der Waals surface area contributed by atoms with E-state index in [0.29, 0.717) is 41.9 Å². The number of aryl methyl sites for hydroxylation is 1. The predicted molar refractivity (Wildman–Crippen MR) is 99.4 cm³/mol. The minimum atomic E-state index is -0.261. The molecule has 2 aromatic rings. The molecule has 0 aliphatic carbocycles. The van der Waals surface area contributed by atoms with Crippen LogP contribution in [-0.4, -0.2) is 33.3 Å². The lowest BCUT2D eigenvalue weighted by Gasteiger charge is -2.20. The van der Waals surface area contributed by atoms with Crippen molar-refractivity contribution in [2.45, 2.75) is 6.92 Å². The first-order valence-corrected chi connectivity index (χ1v) is 8.22. The zero-order chi connectivity index (χ0) is 18.5. The molecule has 0 saturated carbocycles. The molecule has 6 heteroatoms. The minimum Gasteiger partial charge on any atom is -0.495 e. The molecule has 1 aliphatic rings. The van der Waals surface area contributed by atoms with E-state index in [1.165, 1.54) is 6.08 Å². The van der Waals surface area contributed by atoms with Crippen LogP contribution < -0.4 is 24.3 Å². The van der Waals surface area contributed by atoms with Gasteiger partial charge in [-0.25, -0.2) is 0 Å². The SMILES string of the molecule is COc1ccc(C)cc1NC(=O)C=Cc1cc(OC)c2c(c1)OCCO2. The maximum absolute atomic E-state index is 12.3. The van der Waals surface area contributed by atoms with Gasteiger partial charge in [0.1, 0.15) is 19.0 Å². The summed E-state index contributed by atoms with van der Waals surface area (Å²) in [7, 11) is 3.13. The summed E-state index contributed by atoms with van der Waals surface area (Å²) in [4.78, 5) is 12.3. The molecule has 6 nitrogen and oxygen atoms in total. The fourth-order valence-electron chi connectivity index (χ4n) is 2.66. The van der Waals surface area contributed by atoms with Crippen molar-refractivity contribution < 1.29 is 23.7 Å². The number of fused-ring (bicyclic) bond motifs is 1. The molecular weight excluding hydrogens is 334 g/mol. The van der Waals surface area contributed by atoms with Crippen LogP contribution in [-0.2, 0) is 4.79 Å². The fourth-order valence-corrected chi connectivity index (χ4v) is 2.66. The Morgan fingerprint density at radius 1 is 1.08 bits per heavy atom. The molecule has 1 N–H and O–H groups in total. The Labute approximate surface area is 152 Å². The van der Waals surface area contributed by atoms with E-state index in [-0.39, 0.29) is 5.91 Å². The quantitative estimate of drug-likeness (QED) is 0.833. The number of ether oxygens (including phenoxy) is 4. The van der Waals surface area contributed by atoms with Crippen LogP contribution in [0.2, 0.25) is 0 Å². The molecule has 136 valence electrons. The molecule has 1 heterocycles. The van der Waals surface area contributed by atoms with Crippen molar-refractivity contribution in [1.82, 2.24) is 0 Å². The highest BCUT2D eigenvalue weighted by molar-refractivity contribution is 6.02. The summed E-state index contributed by atoms with van der Waals surface area (Å²) in [5.41, 5.74) is 2.43. The van der Waals surface area contributed by atoms with Gasteiger partial charge in [-0.2, -0.15) is 0 Å². The Hall–Kier alpha value is -3.15. The van der Waals surface area contributed by atoms with Crippen molar-refractivity contribution >= 4 is 17.7 Å². The van der Waals surface area contributed by atoms with Crippen molar-refractivity contribution in [3.63, 3.8) is 0 Å². The zero-order valence-corrected chi connectivity index (χ0v) is 15.0. The average Bonchev–Trinajstić information content (AvgIpc) is 2.66. The molecule has 2 aromatic carbocycles. The van der Waals surface area contributed by atoms with Crippen molar-refractivity contribution in [2.75, 3.05) is 32.8 Å². The average molecular weight is 355 g/mol. The van der Waals surface area contributed by atoms with Gasteiger partial charge >= 0.3 is 0 Å². The summed E-state index contributed by atoms with van der Waals surface area (Å²) in [6.45, 7) is 2.92. The van der Waals surface area contributed by atoms with Crippen molar-refractivity contribution in [3.05, 3.63) is 47.5 Å². The van der Waals surface area contributed by atoms with Gasteiger partial charge in [-0.3, -0.25) is 4.79 Å². The Morgan fingerprint density at radius 2 is 1.85 bits per heavy atom. The summed E-state index contributed by atoms with van der Waals surface area (Å²) in [6, 6.07) is 9.21. The molecule has 26 heavy (non-hydrogen) atoms. The first-order chi connectivity index (χ1) is 12.6. The maximum Gasteiger partial charge on any atom is 0.248 e. The van der Waals surface area contributed by atoms with Crippen LogP contribution in [0.25, 0.3) is 6.08 Å². The number of hydrogen-bond donors (Lipinski definition) is 1. The van der Waals surface area contributed by atoms with Gasteiger partial charge in [-0.1, -0.05) is 6.07 Å². The summed E-state index contributed by atoms with van der Waals surface area (Å²) in [5, 5.41) is 2.83. The number of anilines is 1. The van der Waals surface area contributed by atoms with Crippen LogP contribution in [0.15, 0.2) is 36.4 Å². The number of amides is 1. The molecule has 0 unspecified atom stereocenters. The monoisotopic (exact) mass is 355 g/mol. The molecule has 1 amide bonds. The van der Waals surface area contributed by atoms with E-state index in [4.69, 9.17) is 18.9 Å². The largest absolute Gasteiger partial charge is 0.495 e. The van der Waals surface area contributed by atoms with Crippen LogP contribution in [0.3, 0.4) is 0 Å². The smallest absolute Gasteiger partial charge is 0.248 e. The van der Waals surface area contributed by atoms with Crippen molar-refractivity contribution in [2.24, 2.45) is 0 Å². The summed E-state index contributed by atoms with van der Waals surface area (Å²) in [5.74, 6) is 2.12. The van der Waals surface area contributed by atoms with E-state index in [1.54, 1.807) is 26.4 Å². The van der Waals surface area contributed by atoms with Gasteiger partial charge in [-0.05, 0) is 48.4 Å². The van der Waals surface area contributed by atoms with E-state index in [2.05, 4.69) is 5.32 Å². The Morgan fingerprint density at radius 3 is 2.62 bits per heavy atom. The second-order valence-corrected chi connectivity index (χ2v) is 5.77. The van der Waals surface area contributed by atoms with E-state index in [0.717, 1.165) is 11.1 Å². The first kappa shape index (κ1) is 17.7. The van der Waals surface area contributed by atoms with Gasteiger partial charge in [0.2, 0.25) is 11.7 Å². The molecule has 0 fully saturated rings. The normalized spacial score (nSPS) is 12.7. The number of nitrogens with one attached hydrogen (secondary N) is 1. The van der Waals surface area contributed by atoms with Crippen LogP contribution in [0, 0.1) is 6.92 Å². The van der Waals surface area contributed by atoms with E-state index < -0.39 is 0 Å². The molecule has 0 aromatic heterocycles. The van der Waals surface area contributed by atoms with Crippen molar-refractivity contribution in [3.8, 4) is 23.0 Å². The molecule has 1 aliphatic heterocycles. The lowest BCUT2D eigenvalue weighted by molar-refractivity contribution is -0.111. The lowest BCUT2D eigenvalue weighted by Crippen LogP contribution is -2.16. The number of benzene rings is 2. The topological polar surface area (TPSA) is 66.0 Å². The van der Waals surface area contributed by atoms with Crippen LogP contribution in [0.1, 0.15) is 11.1 Å². The van der Waals surface area contributed by atoms with Crippen LogP contribution in [0.4, 0.5) is 5.69 Å². The molecule has 0 spiro atoms. The van der Waals surface area contributed by atoms with E-state index in [1.807, 2.05) is 31.2 Å². The Bertz CT molecular complexity index is 827. The zero-order valence-electron chi connectivity index (χ0n) is 15.0. The number of carbonyl (C=O) groups is 1. The second-order valence-electron chi connectivity index (χ2n) is 5.77. The third-order valence-electron chi connectivity index (χ3n) is 3.89. The minimum absolute atomic E-state index is 0.261. The van der Waals surface area contributed by atoms with Gasteiger partial charge in [-0.15, -0.1) is 0 Å². The van der Waals surface area contributed by atoms with E-state index in [9.17, 15) is 4.79 Å². The number of carbonyl (C=O) groups excluding carboxylic acids is 1. The standard InChI is InChI=1S/C20H21NO5/c1-13-4-6-16(23-2)15(10-13)21-19(22)7-5-14-11-17(24-3)20-18(12-14)25-8-9-26-20/h4-7,10-12H,8-9H2,1-3H3,(H,21,22). The highest BCUT2D eigenvalue weighted by Gasteiger charge is 2.17. The van der Waals surface area contributed by atoms with E-state index >= 15 is 0 Å². The highest BCUT2D eigenvalue weighted by atomic mass is 16.6. The number of rotatable bonds is 5. The van der Waals surface area contributed by atoms with Gasteiger partial charge in [0, 0.05) is 6.08 Å². The van der Waals surface area contributed by atoms with Crippen LogP contribution in [0.5, 0.6) is 23.0 Å². The molecule has 0 radical (unpaired) electrons. The van der Waals surface area contributed by atoms with Crippen LogP contribution >= 0.6 is 0 Å². The van der Waals surface area contributed by atoms with Crippen molar-refractivity contribution in [1.29, 1.82) is 0 Å². The highest BCUT2D eigenvalue weighted by Crippen LogP contribution is 2.40. The molecular formula is C20H21NO5. The van der Waals surface area contributed by atoms with Gasteiger partial charge < -0.3 is 24.3 Å². The Kier molecular flexibility index (Phi) is 5.31. The molecule has 0 saturated heterocycles. The summed E-state index contributed by atoms with van der Waals surface area (Å²) < 4.78 is 21.8. The number of hydrogen-bond acceptors (Lipinski definition) is 5. The molecule has 0 bridgehead atoms. The third kappa shape index (κ3) is 3.91. The second kappa shape index (κ2) is 7.82. The maximum atomic E-state index is 12.3. The third-order valence-corrected chi connectivity index (χ3v) is 3.89. The first-order valence-electron chi connectivity index (χ1n) is 8.22. The molecule has 3 rings (SSSR count). The van der Waals surface area contributed by atoms with Gasteiger partial charge in [0.15, 0.2) is 11.5 Å². The van der Waals surface area contributed by atoms with Gasteiger partial charge in [0.05, 0.1) is 19.9 Å². The molecule has 0 atom stereocenters. The summed E-state index contributed by atoms with van der Waals surface area (Å²) in [6.07, 6.45) is 3.14. The fraction of sp³-hybridized carbons (Fsp3) is 0.250. The number of methoxy groups -OCH3 is 2. The predicted octanol–water partition coefficient (Wildman–Crippen LogP) is 3.44. The Balaban J connectivity index is 1.77.